The van der Waals surface area contributed by atoms with Crippen LogP contribution in [-0.4, -0.2) is 61.7 Å². The Morgan fingerprint density at radius 1 is 1.13 bits per heavy atom. The summed E-state index contributed by atoms with van der Waals surface area (Å²) in [5, 5.41) is 17.3. The first kappa shape index (κ1) is 21.4. The zero-order valence-corrected chi connectivity index (χ0v) is 17.1. The molecule has 10 heteroatoms. The molecule has 0 aliphatic carbocycles. The summed E-state index contributed by atoms with van der Waals surface area (Å²) in [5.74, 6) is -0.0836. The number of carbonyl (C=O) groups excluding carboxylic acids is 1. The average Bonchev–Trinajstić information content (AvgIpc) is 3.18. The lowest BCUT2D eigenvalue weighted by Gasteiger charge is -2.31. The van der Waals surface area contributed by atoms with E-state index < -0.39 is 12.6 Å². The summed E-state index contributed by atoms with van der Waals surface area (Å²) < 4.78 is 38.8. The smallest absolute Gasteiger partial charge is 0.303 e. The van der Waals surface area contributed by atoms with Crippen LogP contribution in [0.25, 0.3) is 22.2 Å². The lowest BCUT2D eigenvalue weighted by Crippen LogP contribution is -2.38. The van der Waals surface area contributed by atoms with Crippen LogP contribution < -0.4 is 0 Å². The third kappa shape index (κ3) is 5.43. The SMILES string of the molecule is Cn1cc(-c2ccc3nnc(CC(=O)C4CCN(CCC(F)(F)F)CC4)cc3c2)nn1. The van der Waals surface area contributed by atoms with Crippen molar-refractivity contribution in [1.29, 1.82) is 0 Å². The second kappa shape index (κ2) is 8.70. The van der Waals surface area contributed by atoms with Gasteiger partial charge in [0.2, 0.25) is 0 Å². The summed E-state index contributed by atoms with van der Waals surface area (Å²) in [4.78, 5) is 14.5. The summed E-state index contributed by atoms with van der Waals surface area (Å²) in [6.07, 6.45) is -1.81. The number of Topliss-reactive ketones (excluding diaryl/α,β-unsaturated/α-hetero) is 1. The first-order valence-electron chi connectivity index (χ1n) is 10.2. The van der Waals surface area contributed by atoms with Gasteiger partial charge in [-0.2, -0.15) is 23.4 Å². The van der Waals surface area contributed by atoms with Gasteiger partial charge in [0.1, 0.15) is 11.5 Å². The number of nitrogens with zero attached hydrogens (tertiary/aromatic N) is 6. The zero-order chi connectivity index (χ0) is 22.0. The number of hydrogen-bond acceptors (Lipinski definition) is 6. The predicted octanol–water partition coefficient (Wildman–Crippen LogP) is 3.20. The summed E-state index contributed by atoms with van der Waals surface area (Å²) in [5.41, 5.74) is 2.96. The molecular weight excluding hydrogens is 409 g/mol. The number of piperidine rings is 1. The molecule has 1 saturated heterocycles. The van der Waals surface area contributed by atoms with Crippen molar-refractivity contribution in [3.63, 3.8) is 0 Å². The maximum Gasteiger partial charge on any atom is 0.390 e. The quantitative estimate of drug-likeness (QED) is 0.595. The fourth-order valence-electron chi connectivity index (χ4n) is 3.90. The van der Waals surface area contributed by atoms with Crippen molar-refractivity contribution in [3.8, 4) is 11.3 Å². The van der Waals surface area contributed by atoms with Crippen molar-refractivity contribution in [1.82, 2.24) is 30.1 Å². The number of rotatable bonds is 6. The van der Waals surface area contributed by atoms with E-state index in [-0.39, 0.29) is 24.7 Å². The van der Waals surface area contributed by atoms with Crippen LogP contribution in [0.5, 0.6) is 0 Å². The second-order valence-corrected chi connectivity index (χ2v) is 8.01. The van der Waals surface area contributed by atoms with Gasteiger partial charge in [0, 0.05) is 30.5 Å². The number of ketones is 1. The van der Waals surface area contributed by atoms with Crippen LogP contribution in [0.4, 0.5) is 13.2 Å². The van der Waals surface area contributed by atoms with E-state index in [1.54, 1.807) is 16.6 Å². The molecule has 7 nitrogen and oxygen atoms in total. The van der Waals surface area contributed by atoms with E-state index in [0.29, 0.717) is 31.6 Å². The number of aromatic nitrogens is 5. The van der Waals surface area contributed by atoms with Crippen molar-refractivity contribution >= 4 is 16.7 Å². The Morgan fingerprint density at radius 2 is 1.90 bits per heavy atom. The maximum atomic E-state index is 12.7. The molecule has 0 amide bonds. The Labute approximate surface area is 177 Å². The summed E-state index contributed by atoms with van der Waals surface area (Å²) in [7, 11) is 1.80. The molecule has 0 N–H and O–H groups in total. The van der Waals surface area contributed by atoms with Gasteiger partial charge >= 0.3 is 6.18 Å². The first-order valence-corrected chi connectivity index (χ1v) is 10.2. The molecule has 1 aliphatic heterocycles. The van der Waals surface area contributed by atoms with Crippen molar-refractivity contribution in [2.45, 2.75) is 31.9 Å². The minimum absolute atomic E-state index is 0.00527. The standard InChI is InChI=1S/C21H23F3N6O/c1-29-13-19(27-28-29)15-2-3-18-16(10-15)11-17(25-26-18)12-20(31)14-4-7-30(8-5-14)9-6-21(22,23)24/h2-3,10-11,13-14H,4-9,12H2,1H3. The molecule has 1 aliphatic rings. The predicted molar refractivity (Wildman–Crippen MR) is 108 cm³/mol. The first-order chi connectivity index (χ1) is 14.8. The van der Waals surface area contributed by atoms with E-state index in [1.807, 2.05) is 30.5 Å². The maximum absolute atomic E-state index is 12.7. The number of aryl methyl sites for hydroxylation is 1. The number of halogens is 3. The molecule has 0 radical (unpaired) electrons. The van der Waals surface area contributed by atoms with Crippen LogP contribution in [0.3, 0.4) is 0 Å². The van der Waals surface area contributed by atoms with Gasteiger partial charge in [0.25, 0.3) is 0 Å². The number of benzene rings is 1. The van der Waals surface area contributed by atoms with Gasteiger partial charge in [-0.05, 0) is 44.1 Å². The largest absolute Gasteiger partial charge is 0.390 e. The zero-order valence-electron chi connectivity index (χ0n) is 17.1. The Hall–Kier alpha value is -2.88. The third-order valence-corrected chi connectivity index (χ3v) is 5.64. The van der Waals surface area contributed by atoms with E-state index in [9.17, 15) is 18.0 Å². The Bertz CT molecular complexity index is 1070. The van der Waals surface area contributed by atoms with Gasteiger partial charge in [-0.1, -0.05) is 11.3 Å². The summed E-state index contributed by atoms with van der Waals surface area (Å²) in [6, 6.07) is 7.56. The minimum Gasteiger partial charge on any atom is -0.303 e. The molecule has 3 aromatic rings. The third-order valence-electron chi connectivity index (χ3n) is 5.64. The van der Waals surface area contributed by atoms with Crippen LogP contribution in [0.2, 0.25) is 0 Å². The van der Waals surface area contributed by atoms with Crippen molar-refractivity contribution < 1.29 is 18.0 Å². The van der Waals surface area contributed by atoms with Crippen LogP contribution in [-0.2, 0) is 18.3 Å². The molecule has 31 heavy (non-hydrogen) atoms. The topological polar surface area (TPSA) is 76.8 Å². The highest BCUT2D eigenvalue weighted by molar-refractivity contribution is 5.86. The molecular formula is C21H23F3N6O. The molecule has 0 spiro atoms. The highest BCUT2D eigenvalue weighted by Gasteiger charge is 2.30. The molecule has 0 unspecified atom stereocenters. The fourth-order valence-corrected chi connectivity index (χ4v) is 3.90. The average molecular weight is 432 g/mol. The normalized spacial score (nSPS) is 16.1. The minimum atomic E-state index is -4.14. The fraction of sp³-hybridized carbons (Fsp3) is 0.476. The number of carbonyl (C=O) groups is 1. The van der Waals surface area contributed by atoms with Crippen LogP contribution >= 0.6 is 0 Å². The Kier molecular flexibility index (Phi) is 5.99. The van der Waals surface area contributed by atoms with E-state index in [2.05, 4.69) is 20.5 Å². The Morgan fingerprint density at radius 3 is 2.58 bits per heavy atom. The summed E-state index contributed by atoms with van der Waals surface area (Å²) in [6.45, 7) is 1.02. The number of alkyl halides is 3. The monoisotopic (exact) mass is 432 g/mol. The number of hydrogen-bond donors (Lipinski definition) is 0. The molecule has 1 fully saturated rings. The molecule has 0 saturated carbocycles. The Balaban J connectivity index is 1.38. The molecule has 0 bridgehead atoms. The van der Waals surface area contributed by atoms with E-state index >= 15 is 0 Å². The molecule has 1 aromatic carbocycles. The van der Waals surface area contributed by atoms with Gasteiger partial charge in [-0.15, -0.1) is 5.10 Å². The van der Waals surface area contributed by atoms with Crippen molar-refractivity contribution in [2.24, 2.45) is 13.0 Å². The van der Waals surface area contributed by atoms with Gasteiger partial charge in [0.05, 0.1) is 30.2 Å². The van der Waals surface area contributed by atoms with Crippen LogP contribution in [0.1, 0.15) is 25.0 Å². The molecule has 164 valence electrons. The van der Waals surface area contributed by atoms with Gasteiger partial charge in [0.15, 0.2) is 0 Å². The molecule has 0 atom stereocenters. The van der Waals surface area contributed by atoms with Gasteiger partial charge < -0.3 is 4.90 Å². The van der Waals surface area contributed by atoms with Gasteiger partial charge in [-0.3, -0.25) is 9.48 Å². The van der Waals surface area contributed by atoms with Crippen molar-refractivity contribution in [2.75, 3.05) is 19.6 Å². The lowest BCUT2D eigenvalue weighted by molar-refractivity contribution is -0.139. The second-order valence-electron chi connectivity index (χ2n) is 8.01. The molecule has 2 aromatic heterocycles. The van der Waals surface area contributed by atoms with Crippen LogP contribution in [0, 0.1) is 5.92 Å². The molecule has 4 rings (SSSR count). The number of likely N-dealkylation sites (tertiary alicyclic amines) is 1. The van der Waals surface area contributed by atoms with E-state index in [1.165, 1.54) is 0 Å². The van der Waals surface area contributed by atoms with E-state index in [0.717, 1.165) is 22.2 Å². The van der Waals surface area contributed by atoms with Crippen molar-refractivity contribution in [3.05, 3.63) is 36.2 Å². The van der Waals surface area contributed by atoms with E-state index in [4.69, 9.17) is 0 Å². The lowest BCUT2D eigenvalue weighted by atomic mass is 9.90. The summed E-state index contributed by atoms with van der Waals surface area (Å²) >= 11 is 0. The molecule has 3 heterocycles. The highest BCUT2D eigenvalue weighted by Crippen LogP contribution is 2.25. The van der Waals surface area contributed by atoms with Gasteiger partial charge in [-0.25, -0.2) is 0 Å². The number of fused-ring (bicyclic) bond motifs is 1. The highest BCUT2D eigenvalue weighted by atomic mass is 19.4. The van der Waals surface area contributed by atoms with Crippen LogP contribution in [0.15, 0.2) is 30.5 Å².